The normalized spacial score (nSPS) is 20.1. The largest absolute Gasteiger partial charge is 0.480 e. The lowest BCUT2D eigenvalue weighted by molar-refractivity contribution is -0.138. The molecule has 0 aliphatic heterocycles. The standard InChI is InChI=1S/C10H20N2O4S/c11-9(10(13)14)6-7-12-17(15,16)8-4-2-1-3-5-8/h8-9,12H,1-7,11H2,(H,13,14)/t9-/m0/s1. The molecule has 100 valence electrons. The Bertz CT molecular complexity index is 349. The van der Waals surface area contributed by atoms with Gasteiger partial charge in [-0.25, -0.2) is 13.1 Å². The molecule has 1 aliphatic rings. The monoisotopic (exact) mass is 264 g/mol. The third-order valence-electron chi connectivity index (χ3n) is 3.07. The molecule has 0 aromatic rings. The number of sulfonamides is 1. The van der Waals surface area contributed by atoms with Crippen molar-refractivity contribution in [2.75, 3.05) is 6.54 Å². The summed E-state index contributed by atoms with van der Waals surface area (Å²) >= 11 is 0. The molecule has 0 amide bonds. The molecule has 1 saturated carbocycles. The van der Waals surface area contributed by atoms with Crippen LogP contribution in [-0.4, -0.2) is 37.3 Å². The molecule has 0 spiro atoms. The SMILES string of the molecule is N[C@@H](CCNS(=O)(=O)C1CCCCC1)C(=O)O. The number of hydrogen-bond donors (Lipinski definition) is 3. The van der Waals surface area contributed by atoms with Crippen molar-refractivity contribution in [1.82, 2.24) is 4.72 Å². The van der Waals surface area contributed by atoms with Crippen molar-refractivity contribution >= 4 is 16.0 Å². The highest BCUT2D eigenvalue weighted by atomic mass is 32.2. The van der Waals surface area contributed by atoms with Crippen LogP contribution in [0.4, 0.5) is 0 Å². The third-order valence-corrected chi connectivity index (χ3v) is 5.02. The summed E-state index contributed by atoms with van der Waals surface area (Å²) in [5.41, 5.74) is 5.29. The second-order valence-corrected chi connectivity index (χ2v) is 6.48. The van der Waals surface area contributed by atoms with Gasteiger partial charge in [-0.15, -0.1) is 0 Å². The van der Waals surface area contributed by atoms with E-state index in [0.29, 0.717) is 12.8 Å². The van der Waals surface area contributed by atoms with E-state index in [0.717, 1.165) is 19.3 Å². The Labute approximate surface area is 102 Å². The van der Waals surface area contributed by atoms with Crippen LogP contribution < -0.4 is 10.5 Å². The number of aliphatic carboxylic acids is 1. The van der Waals surface area contributed by atoms with E-state index in [1.807, 2.05) is 0 Å². The maximum Gasteiger partial charge on any atom is 0.320 e. The molecule has 0 radical (unpaired) electrons. The average Bonchev–Trinajstić information content (AvgIpc) is 2.29. The van der Waals surface area contributed by atoms with Crippen molar-refractivity contribution in [3.8, 4) is 0 Å². The molecule has 6 nitrogen and oxygen atoms in total. The van der Waals surface area contributed by atoms with Crippen molar-refractivity contribution in [3.63, 3.8) is 0 Å². The quantitative estimate of drug-likeness (QED) is 0.627. The average molecular weight is 264 g/mol. The second-order valence-electron chi connectivity index (χ2n) is 4.43. The van der Waals surface area contributed by atoms with E-state index in [2.05, 4.69) is 4.72 Å². The molecule has 1 rings (SSSR count). The molecule has 7 heteroatoms. The summed E-state index contributed by atoms with van der Waals surface area (Å²) in [6.07, 6.45) is 4.48. The second kappa shape index (κ2) is 6.32. The number of carboxylic acid groups (broad SMARTS) is 1. The molecule has 4 N–H and O–H groups in total. The van der Waals surface area contributed by atoms with E-state index in [-0.39, 0.29) is 18.2 Å². The number of nitrogens with two attached hydrogens (primary N) is 1. The zero-order valence-electron chi connectivity index (χ0n) is 9.76. The summed E-state index contributed by atoms with van der Waals surface area (Å²) in [5.74, 6) is -1.11. The van der Waals surface area contributed by atoms with Crippen LogP contribution in [0.5, 0.6) is 0 Å². The molecule has 17 heavy (non-hydrogen) atoms. The fraction of sp³-hybridized carbons (Fsp3) is 0.900. The Morgan fingerprint density at radius 1 is 1.35 bits per heavy atom. The highest BCUT2D eigenvalue weighted by molar-refractivity contribution is 7.90. The van der Waals surface area contributed by atoms with Gasteiger partial charge in [-0.05, 0) is 19.3 Å². The molecule has 0 saturated heterocycles. The van der Waals surface area contributed by atoms with Gasteiger partial charge in [-0.2, -0.15) is 0 Å². The van der Waals surface area contributed by atoms with E-state index in [9.17, 15) is 13.2 Å². The summed E-state index contributed by atoms with van der Waals surface area (Å²) in [6, 6.07) is -1.01. The van der Waals surface area contributed by atoms with Gasteiger partial charge in [0.25, 0.3) is 0 Å². The molecule has 1 aliphatic carbocycles. The molecular weight excluding hydrogens is 244 g/mol. The van der Waals surface area contributed by atoms with Crippen LogP contribution in [0.2, 0.25) is 0 Å². The van der Waals surface area contributed by atoms with Gasteiger partial charge in [0.1, 0.15) is 6.04 Å². The fourth-order valence-electron chi connectivity index (χ4n) is 1.97. The zero-order valence-corrected chi connectivity index (χ0v) is 10.6. The van der Waals surface area contributed by atoms with Crippen molar-refractivity contribution in [2.45, 2.75) is 49.8 Å². The number of carboxylic acids is 1. The number of rotatable bonds is 6. The molecule has 0 aromatic heterocycles. The lowest BCUT2D eigenvalue weighted by atomic mass is 10.0. The minimum Gasteiger partial charge on any atom is -0.480 e. The van der Waals surface area contributed by atoms with Gasteiger partial charge in [0.15, 0.2) is 0 Å². The smallest absolute Gasteiger partial charge is 0.320 e. The fourth-order valence-corrected chi connectivity index (χ4v) is 3.57. The van der Waals surface area contributed by atoms with Gasteiger partial charge < -0.3 is 10.8 Å². The minimum absolute atomic E-state index is 0.0896. The Hall–Kier alpha value is -0.660. The molecule has 1 fully saturated rings. The van der Waals surface area contributed by atoms with Crippen LogP contribution in [0.1, 0.15) is 38.5 Å². The Morgan fingerprint density at radius 2 is 1.94 bits per heavy atom. The van der Waals surface area contributed by atoms with E-state index in [1.165, 1.54) is 0 Å². The summed E-state index contributed by atoms with van der Waals surface area (Å²) in [4.78, 5) is 10.5. The lowest BCUT2D eigenvalue weighted by Gasteiger charge is -2.22. The first-order valence-corrected chi connectivity index (χ1v) is 7.45. The maximum atomic E-state index is 11.8. The maximum absolute atomic E-state index is 11.8. The topological polar surface area (TPSA) is 109 Å². The molecule has 0 unspecified atom stereocenters. The first kappa shape index (κ1) is 14.4. The van der Waals surface area contributed by atoms with Gasteiger partial charge in [0.05, 0.1) is 5.25 Å². The van der Waals surface area contributed by atoms with Crippen molar-refractivity contribution in [2.24, 2.45) is 5.73 Å². The van der Waals surface area contributed by atoms with E-state index < -0.39 is 22.0 Å². The minimum atomic E-state index is -3.30. The zero-order chi connectivity index (χ0) is 12.9. The highest BCUT2D eigenvalue weighted by Crippen LogP contribution is 2.22. The molecule has 0 bridgehead atoms. The van der Waals surface area contributed by atoms with Gasteiger partial charge in [-0.1, -0.05) is 19.3 Å². The third kappa shape index (κ3) is 4.61. The highest BCUT2D eigenvalue weighted by Gasteiger charge is 2.26. The van der Waals surface area contributed by atoms with E-state index in [4.69, 9.17) is 10.8 Å². The van der Waals surface area contributed by atoms with Crippen molar-refractivity contribution in [3.05, 3.63) is 0 Å². The number of hydrogen-bond acceptors (Lipinski definition) is 4. The number of nitrogens with one attached hydrogen (secondary N) is 1. The lowest BCUT2D eigenvalue weighted by Crippen LogP contribution is -2.39. The summed E-state index contributed by atoms with van der Waals surface area (Å²) < 4.78 is 26.1. The van der Waals surface area contributed by atoms with Gasteiger partial charge in [-0.3, -0.25) is 4.79 Å². The van der Waals surface area contributed by atoms with Crippen LogP contribution in [0.15, 0.2) is 0 Å². The molecular formula is C10H20N2O4S. The van der Waals surface area contributed by atoms with Gasteiger partial charge in [0, 0.05) is 6.54 Å². The first-order valence-electron chi connectivity index (χ1n) is 5.90. The predicted octanol–water partition coefficient (Wildman–Crippen LogP) is 0.0405. The summed E-state index contributed by atoms with van der Waals surface area (Å²) in [7, 11) is -3.30. The molecule has 0 aromatic carbocycles. The summed E-state index contributed by atoms with van der Waals surface area (Å²) in [5, 5.41) is 8.24. The Kier molecular flexibility index (Phi) is 5.35. The van der Waals surface area contributed by atoms with Gasteiger partial charge >= 0.3 is 5.97 Å². The van der Waals surface area contributed by atoms with Crippen LogP contribution in [0, 0.1) is 0 Å². The number of carbonyl (C=O) groups is 1. The first-order chi connectivity index (χ1) is 7.93. The Morgan fingerprint density at radius 3 is 2.47 bits per heavy atom. The molecule has 0 heterocycles. The summed E-state index contributed by atoms with van der Waals surface area (Å²) in [6.45, 7) is 0.0896. The molecule has 1 atom stereocenters. The van der Waals surface area contributed by atoms with Crippen LogP contribution in [0.3, 0.4) is 0 Å². The van der Waals surface area contributed by atoms with Crippen LogP contribution in [-0.2, 0) is 14.8 Å². The van der Waals surface area contributed by atoms with E-state index >= 15 is 0 Å². The van der Waals surface area contributed by atoms with Crippen LogP contribution >= 0.6 is 0 Å². The predicted molar refractivity (Wildman–Crippen MR) is 64.0 cm³/mol. The van der Waals surface area contributed by atoms with Gasteiger partial charge in [0.2, 0.25) is 10.0 Å². The van der Waals surface area contributed by atoms with Crippen molar-refractivity contribution in [1.29, 1.82) is 0 Å². The van der Waals surface area contributed by atoms with Crippen molar-refractivity contribution < 1.29 is 18.3 Å². The van der Waals surface area contributed by atoms with Crippen LogP contribution in [0.25, 0.3) is 0 Å². The Balaban J connectivity index is 2.36. The van der Waals surface area contributed by atoms with E-state index in [1.54, 1.807) is 0 Å².